The van der Waals surface area contributed by atoms with E-state index < -0.39 is 0 Å². The fourth-order valence-electron chi connectivity index (χ4n) is 2.69. The van der Waals surface area contributed by atoms with Crippen molar-refractivity contribution in [3.63, 3.8) is 0 Å². The van der Waals surface area contributed by atoms with E-state index in [1.807, 2.05) is 13.8 Å². The summed E-state index contributed by atoms with van der Waals surface area (Å²) in [5.41, 5.74) is -0.328. The summed E-state index contributed by atoms with van der Waals surface area (Å²) < 4.78 is 0. The molecule has 5 nitrogen and oxygen atoms in total. The van der Waals surface area contributed by atoms with Crippen LogP contribution in [0.2, 0.25) is 0 Å². The Balaban J connectivity index is 2.50. The maximum Gasteiger partial charge on any atom is 0.239 e. The summed E-state index contributed by atoms with van der Waals surface area (Å²) in [6.07, 6.45) is 3.78. The molecule has 0 aromatic carbocycles. The summed E-state index contributed by atoms with van der Waals surface area (Å²) in [7, 11) is 0. The van der Waals surface area contributed by atoms with Crippen LogP contribution in [0.25, 0.3) is 0 Å². The topological polar surface area (TPSA) is 70.2 Å². The Morgan fingerprint density at radius 2 is 2.11 bits per heavy atom. The van der Waals surface area contributed by atoms with Gasteiger partial charge in [-0.05, 0) is 39.7 Å². The molecule has 1 aliphatic heterocycles. The van der Waals surface area contributed by atoms with Crippen molar-refractivity contribution >= 4 is 11.8 Å². The molecule has 1 rings (SSSR count). The lowest BCUT2D eigenvalue weighted by Gasteiger charge is -2.36. The van der Waals surface area contributed by atoms with E-state index in [4.69, 9.17) is 0 Å². The van der Waals surface area contributed by atoms with E-state index in [1.54, 1.807) is 0 Å². The molecule has 0 aromatic rings. The van der Waals surface area contributed by atoms with E-state index in [0.717, 1.165) is 38.8 Å². The van der Waals surface area contributed by atoms with Crippen LogP contribution in [0, 0.1) is 5.41 Å². The minimum Gasteiger partial charge on any atom is -0.352 e. The molecule has 2 amide bonds. The van der Waals surface area contributed by atoms with Crippen LogP contribution in [0.5, 0.6) is 0 Å². The number of carbonyl (C=O) groups is 2. The average Bonchev–Trinajstić information content (AvgIpc) is 2.36. The van der Waals surface area contributed by atoms with Gasteiger partial charge in [0.05, 0.1) is 12.0 Å². The van der Waals surface area contributed by atoms with Gasteiger partial charge in [-0.25, -0.2) is 0 Å². The van der Waals surface area contributed by atoms with Crippen molar-refractivity contribution in [2.45, 2.75) is 52.5 Å². The third-order valence-corrected chi connectivity index (χ3v) is 3.54. The zero-order chi connectivity index (χ0) is 14.3. The van der Waals surface area contributed by atoms with Gasteiger partial charge in [0, 0.05) is 12.6 Å². The van der Waals surface area contributed by atoms with Gasteiger partial charge in [0.2, 0.25) is 11.8 Å². The molecule has 5 heteroatoms. The van der Waals surface area contributed by atoms with Crippen molar-refractivity contribution in [1.29, 1.82) is 0 Å². The van der Waals surface area contributed by atoms with Crippen LogP contribution in [-0.4, -0.2) is 37.5 Å². The predicted octanol–water partition coefficient (Wildman–Crippen LogP) is 0.797. The van der Waals surface area contributed by atoms with Crippen LogP contribution in [0.1, 0.15) is 46.5 Å². The highest BCUT2D eigenvalue weighted by Gasteiger charge is 2.38. The lowest BCUT2D eigenvalue weighted by molar-refractivity contribution is -0.134. The maximum absolute atomic E-state index is 12.4. The highest BCUT2D eigenvalue weighted by molar-refractivity contribution is 5.88. The smallest absolute Gasteiger partial charge is 0.239 e. The van der Waals surface area contributed by atoms with E-state index >= 15 is 0 Å². The summed E-state index contributed by atoms with van der Waals surface area (Å²) in [5.74, 6) is -0.112. The number of amides is 2. The number of nitrogens with one attached hydrogen (secondary N) is 3. The molecule has 1 atom stereocenters. The Hall–Kier alpha value is -1.10. The van der Waals surface area contributed by atoms with Crippen molar-refractivity contribution in [3.8, 4) is 0 Å². The molecule has 19 heavy (non-hydrogen) atoms. The normalized spacial score (nSPS) is 23.2. The molecular weight excluding hydrogens is 242 g/mol. The van der Waals surface area contributed by atoms with Crippen LogP contribution in [0.3, 0.4) is 0 Å². The van der Waals surface area contributed by atoms with Crippen molar-refractivity contribution in [3.05, 3.63) is 0 Å². The molecule has 3 N–H and O–H groups in total. The summed E-state index contributed by atoms with van der Waals surface area (Å²) in [6, 6.07) is 0.102. The number of hydrogen-bond acceptors (Lipinski definition) is 3. The van der Waals surface area contributed by atoms with Crippen LogP contribution in [0.4, 0.5) is 0 Å². The van der Waals surface area contributed by atoms with Gasteiger partial charge in [-0.3, -0.25) is 9.59 Å². The molecular formula is C14H27N3O2. The van der Waals surface area contributed by atoms with Gasteiger partial charge in [-0.15, -0.1) is 0 Å². The standard InChI is InChI=1S/C14H27N3O2/c1-4-6-14(7-5-8-15-10-14)13(19)16-9-12(18)17-11(2)3/h11,15H,4-10H2,1-3H3,(H,16,19)(H,17,18). The summed E-state index contributed by atoms with van der Waals surface area (Å²) in [5, 5.41) is 8.87. The van der Waals surface area contributed by atoms with Crippen LogP contribution >= 0.6 is 0 Å². The summed E-state index contributed by atoms with van der Waals surface area (Å²) >= 11 is 0. The molecule has 0 spiro atoms. The van der Waals surface area contributed by atoms with E-state index in [2.05, 4.69) is 22.9 Å². The number of hydrogen-bond donors (Lipinski definition) is 3. The third-order valence-electron chi connectivity index (χ3n) is 3.54. The van der Waals surface area contributed by atoms with E-state index in [9.17, 15) is 9.59 Å². The fraction of sp³-hybridized carbons (Fsp3) is 0.857. The van der Waals surface area contributed by atoms with Gasteiger partial charge in [0.1, 0.15) is 0 Å². The van der Waals surface area contributed by atoms with Gasteiger partial charge in [0.15, 0.2) is 0 Å². The SMILES string of the molecule is CCCC1(C(=O)NCC(=O)NC(C)C)CCCNC1. The van der Waals surface area contributed by atoms with Gasteiger partial charge in [0.25, 0.3) is 0 Å². The molecule has 1 heterocycles. The third kappa shape index (κ3) is 4.82. The van der Waals surface area contributed by atoms with Crippen LogP contribution in [-0.2, 0) is 9.59 Å². The lowest BCUT2D eigenvalue weighted by Crippen LogP contribution is -2.52. The zero-order valence-corrected chi connectivity index (χ0v) is 12.3. The molecule has 110 valence electrons. The first-order valence-electron chi connectivity index (χ1n) is 7.28. The Bertz CT molecular complexity index is 304. The quantitative estimate of drug-likeness (QED) is 0.668. The molecule has 1 aliphatic rings. The second-order valence-corrected chi connectivity index (χ2v) is 5.72. The maximum atomic E-state index is 12.4. The largest absolute Gasteiger partial charge is 0.352 e. The first-order valence-corrected chi connectivity index (χ1v) is 7.28. The number of carbonyl (C=O) groups excluding carboxylic acids is 2. The minimum atomic E-state index is -0.328. The predicted molar refractivity (Wildman–Crippen MR) is 75.7 cm³/mol. The summed E-state index contributed by atoms with van der Waals surface area (Å²) in [4.78, 5) is 23.9. The average molecular weight is 269 g/mol. The Morgan fingerprint density at radius 3 is 2.63 bits per heavy atom. The van der Waals surface area contributed by atoms with E-state index in [-0.39, 0.29) is 29.8 Å². The van der Waals surface area contributed by atoms with Gasteiger partial charge in [-0.1, -0.05) is 13.3 Å². The molecule has 0 radical (unpaired) electrons. The zero-order valence-electron chi connectivity index (χ0n) is 12.3. The van der Waals surface area contributed by atoms with Crippen molar-refractivity contribution < 1.29 is 9.59 Å². The van der Waals surface area contributed by atoms with Gasteiger partial charge in [-0.2, -0.15) is 0 Å². The van der Waals surface area contributed by atoms with Crippen molar-refractivity contribution in [2.75, 3.05) is 19.6 Å². The first-order chi connectivity index (χ1) is 9.00. The molecule has 1 saturated heterocycles. The van der Waals surface area contributed by atoms with E-state index in [0.29, 0.717) is 0 Å². The number of rotatable bonds is 6. The second kappa shape index (κ2) is 7.48. The molecule has 0 saturated carbocycles. The number of piperidine rings is 1. The highest BCUT2D eigenvalue weighted by atomic mass is 16.2. The Kier molecular flexibility index (Phi) is 6.28. The molecule has 0 aromatic heterocycles. The lowest BCUT2D eigenvalue weighted by atomic mass is 9.76. The highest BCUT2D eigenvalue weighted by Crippen LogP contribution is 2.31. The molecule has 0 bridgehead atoms. The Morgan fingerprint density at radius 1 is 1.37 bits per heavy atom. The van der Waals surface area contributed by atoms with Crippen LogP contribution < -0.4 is 16.0 Å². The van der Waals surface area contributed by atoms with Gasteiger partial charge < -0.3 is 16.0 Å². The molecule has 1 fully saturated rings. The monoisotopic (exact) mass is 269 g/mol. The Labute approximate surface area is 115 Å². The van der Waals surface area contributed by atoms with Gasteiger partial charge >= 0.3 is 0 Å². The second-order valence-electron chi connectivity index (χ2n) is 5.72. The van der Waals surface area contributed by atoms with E-state index in [1.165, 1.54) is 0 Å². The summed E-state index contributed by atoms with van der Waals surface area (Å²) in [6.45, 7) is 7.68. The molecule has 0 aliphatic carbocycles. The first kappa shape index (κ1) is 16.0. The van der Waals surface area contributed by atoms with Crippen molar-refractivity contribution in [1.82, 2.24) is 16.0 Å². The molecule has 1 unspecified atom stereocenters. The fourth-order valence-corrected chi connectivity index (χ4v) is 2.69. The van der Waals surface area contributed by atoms with Crippen LogP contribution in [0.15, 0.2) is 0 Å². The minimum absolute atomic E-state index is 0.0143. The van der Waals surface area contributed by atoms with Crippen molar-refractivity contribution in [2.24, 2.45) is 5.41 Å².